The predicted octanol–water partition coefficient (Wildman–Crippen LogP) is -0.250. The highest BCUT2D eigenvalue weighted by Gasteiger charge is 1.99. The molecule has 0 fully saturated rings. The van der Waals surface area contributed by atoms with Crippen molar-refractivity contribution in [3.05, 3.63) is 22.8 Å². The van der Waals surface area contributed by atoms with Gasteiger partial charge < -0.3 is 0 Å². The van der Waals surface area contributed by atoms with Crippen LogP contribution >= 0.6 is 15.9 Å². The molecule has 0 aliphatic rings. The quantitative estimate of drug-likeness (QED) is 0.443. The fourth-order valence-corrected chi connectivity index (χ4v) is 1.39. The van der Waals surface area contributed by atoms with Crippen molar-refractivity contribution in [2.45, 2.75) is 0 Å². The third-order valence-electron chi connectivity index (χ3n) is 1.42. The molecule has 2 rings (SSSR count). The van der Waals surface area contributed by atoms with Crippen molar-refractivity contribution in [2.24, 2.45) is 0 Å². The molecule has 0 atom stereocenters. The van der Waals surface area contributed by atoms with Crippen LogP contribution in [0.1, 0.15) is 0 Å². The largest absolute Gasteiger partial charge is 0.224 e. The van der Waals surface area contributed by atoms with Gasteiger partial charge in [0.05, 0.1) is 0 Å². The van der Waals surface area contributed by atoms with Crippen molar-refractivity contribution < 1.29 is 0 Å². The highest BCUT2D eigenvalue weighted by atomic mass is 79.9. The summed E-state index contributed by atoms with van der Waals surface area (Å²) in [6.07, 6.45) is 0. The molecule has 0 bridgehead atoms. The second-order valence-corrected chi connectivity index (χ2v) is 3.09. The topological polar surface area (TPSA) is 30.2 Å². The smallest absolute Gasteiger partial charge is 0.191 e. The van der Waals surface area contributed by atoms with Gasteiger partial charge in [0.1, 0.15) is 10.3 Å². The first-order chi connectivity index (χ1) is 5.27. The van der Waals surface area contributed by atoms with E-state index in [0.29, 0.717) is 0 Å². The van der Waals surface area contributed by atoms with Crippen LogP contribution in [0.15, 0.2) is 22.8 Å². The number of halogens is 1. The van der Waals surface area contributed by atoms with Crippen LogP contribution in [0.4, 0.5) is 0 Å². The van der Waals surface area contributed by atoms with Crippen LogP contribution in [-0.4, -0.2) is 22.4 Å². The molecule has 5 heteroatoms. The Morgan fingerprint density at radius 2 is 2.27 bits per heavy atom. The summed E-state index contributed by atoms with van der Waals surface area (Å²) in [6.45, 7) is 0. The van der Waals surface area contributed by atoms with Crippen molar-refractivity contribution in [2.75, 3.05) is 0 Å². The normalized spacial score (nSPS) is 10.6. The zero-order valence-electron chi connectivity index (χ0n) is 5.95. The Morgan fingerprint density at radius 3 is 3.00 bits per heavy atom. The molecule has 2 aromatic heterocycles. The van der Waals surface area contributed by atoms with Crippen LogP contribution in [0.5, 0.6) is 0 Å². The Balaban J connectivity index is 2.90. The van der Waals surface area contributed by atoms with Gasteiger partial charge >= 0.3 is 0 Å². The Labute approximate surface area is 73.0 Å². The minimum absolute atomic E-state index is 0.789. The molecule has 11 heavy (non-hydrogen) atoms. The van der Waals surface area contributed by atoms with E-state index in [1.165, 1.54) is 0 Å². The summed E-state index contributed by atoms with van der Waals surface area (Å²) in [7, 11) is 1.87. The highest BCUT2D eigenvalue weighted by molar-refractivity contribution is 9.10. The number of pyridine rings is 1. The third kappa shape index (κ3) is 1.05. The maximum absolute atomic E-state index is 4.20. The van der Waals surface area contributed by atoms with E-state index in [4.69, 9.17) is 0 Å². The third-order valence-corrected chi connectivity index (χ3v) is 2.02. The number of hydrogen-bond acceptors (Lipinski definition) is 2. The van der Waals surface area contributed by atoms with E-state index in [2.05, 4.69) is 26.0 Å². The molecular formula is C6H5BBrN3. The molecule has 0 N–H and O–H groups in total. The van der Waals surface area contributed by atoms with Crippen molar-refractivity contribution in [1.29, 1.82) is 0 Å². The lowest BCUT2D eigenvalue weighted by Gasteiger charge is -1.91. The Hall–Kier alpha value is -0.835. The molecule has 2 aromatic rings. The van der Waals surface area contributed by atoms with Crippen molar-refractivity contribution >= 4 is 35.1 Å². The van der Waals surface area contributed by atoms with E-state index in [-0.39, 0.29) is 0 Å². The number of rotatable bonds is 0. The first-order valence-corrected chi connectivity index (χ1v) is 4.04. The summed E-state index contributed by atoms with van der Waals surface area (Å²) in [5.41, 5.74) is 1.66. The maximum atomic E-state index is 4.20. The minimum atomic E-state index is 0.789. The Bertz CT molecular complexity index is 398. The van der Waals surface area contributed by atoms with E-state index in [0.717, 1.165) is 16.0 Å². The van der Waals surface area contributed by atoms with Gasteiger partial charge in [0.2, 0.25) is 0 Å². The summed E-state index contributed by atoms with van der Waals surface area (Å²) in [5.74, 6) is 0. The van der Waals surface area contributed by atoms with Crippen LogP contribution < -0.4 is 5.72 Å². The van der Waals surface area contributed by atoms with Gasteiger partial charge in [-0.25, -0.2) is 9.50 Å². The molecular weight excluding hydrogens is 205 g/mol. The fraction of sp³-hybridized carbons (Fsp3) is 0. The van der Waals surface area contributed by atoms with Crippen LogP contribution in [0.25, 0.3) is 5.65 Å². The molecule has 54 valence electrons. The van der Waals surface area contributed by atoms with Crippen LogP contribution in [0, 0.1) is 0 Å². The van der Waals surface area contributed by atoms with Gasteiger partial charge in [0, 0.05) is 0 Å². The van der Waals surface area contributed by atoms with Gasteiger partial charge in [-0.1, -0.05) is 6.07 Å². The lowest BCUT2D eigenvalue weighted by atomic mass is 10.1. The van der Waals surface area contributed by atoms with E-state index in [1.54, 1.807) is 4.52 Å². The number of hydrogen-bond donors (Lipinski definition) is 0. The van der Waals surface area contributed by atoms with Gasteiger partial charge in [-0.2, -0.15) is 5.10 Å². The van der Waals surface area contributed by atoms with Crippen molar-refractivity contribution in [3.8, 4) is 0 Å². The van der Waals surface area contributed by atoms with Crippen LogP contribution in [0.3, 0.4) is 0 Å². The van der Waals surface area contributed by atoms with E-state index >= 15 is 0 Å². The standard InChI is InChI=1S/C6H5BBrN3/c7-6-9-5-3-1-2-4(8)11(5)10-6/h1-3H,7H2. The molecule has 0 spiro atoms. The molecule has 0 aliphatic carbocycles. The minimum Gasteiger partial charge on any atom is -0.224 e. The summed E-state index contributed by atoms with van der Waals surface area (Å²) in [4.78, 5) is 4.20. The zero-order chi connectivity index (χ0) is 7.84. The summed E-state index contributed by atoms with van der Waals surface area (Å²) >= 11 is 3.37. The SMILES string of the molecule is Bc1nc2cccc(Br)n2n1. The molecule has 0 radical (unpaired) electrons. The Morgan fingerprint density at radius 1 is 1.45 bits per heavy atom. The van der Waals surface area contributed by atoms with E-state index in [1.807, 2.05) is 26.0 Å². The highest BCUT2D eigenvalue weighted by Crippen LogP contribution is 2.08. The Kier molecular flexibility index (Phi) is 1.46. The van der Waals surface area contributed by atoms with Crippen LogP contribution in [0.2, 0.25) is 0 Å². The molecule has 0 saturated carbocycles. The summed E-state index contributed by atoms with van der Waals surface area (Å²) in [5, 5.41) is 4.17. The zero-order valence-corrected chi connectivity index (χ0v) is 7.54. The number of fused-ring (bicyclic) bond motifs is 1. The second kappa shape index (κ2) is 2.34. The molecule has 3 nitrogen and oxygen atoms in total. The van der Waals surface area contributed by atoms with E-state index in [9.17, 15) is 0 Å². The molecule has 0 amide bonds. The molecule has 2 heterocycles. The van der Waals surface area contributed by atoms with Gasteiger partial charge in [-0.15, -0.1) is 0 Å². The lowest BCUT2D eigenvalue weighted by molar-refractivity contribution is 0.949. The summed E-state index contributed by atoms with van der Waals surface area (Å²) in [6, 6.07) is 5.79. The monoisotopic (exact) mass is 209 g/mol. The number of aromatic nitrogens is 3. The van der Waals surface area contributed by atoms with Crippen molar-refractivity contribution in [1.82, 2.24) is 14.6 Å². The van der Waals surface area contributed by atoms with Gasteiger partial charge in [-0.05, 0) is 28.1 Å². The molecule has 0 saturated heterocycles. The van der Waals surface area contributed by atoms with E-state index < -0.39 is 0 Å². The molecule has 0 aliphatic heterocycles. The van der Waals surface area contributed by atoms with Crippen LogP contribution in [-0.2, 0) is 0 Å². The van der Waals surface area contributed by atoms with Crippen molar-refractivity contribution in [3.63, 3.8) is 0 Å². The van der Waals surface area contributed by atoms with Gasteiger partial charge in [-0.3, -0.25) is 0 Å². The first kappa shape index (κ1) is 6.85. The van der Waals surface area contributed by atoms with Gasteiger partial charge in [0.25, 0.3) is 0 Å². The predicted molar refractivity (Wildman–Crippen MR) is 48.9 cm³/mol. The lowest BCUT2D eigenvalue weighted by Crippen LogP contribution is -2.06. The molecule has 0 aromatic carbocycles. The maximum Gasteiger partial charge on any atom is 0.191 e. The number of nitrogens with zero attached hydrogens (tertiary/aromatic N) is 3. The fourth-order valence-electron chi connectivity index (χ4n) is 0.981. The average molecular weight is 210 g/mol. The summed E-state index contributed by atoms with van der Waals surface area (Å²) < 4.78 is 2.69. The first-order valence-electron chi connectivity index (χ1n) is 3.25. The molecule has 0 unspecified atom stereocenters. The van der Waals surface area contributed by atoms with Gasteiger partial charge in [0.15, 0.2) is 13.5 Å². The average Bonchev–Trinajstić information content (AvgIpc) is 2.31. The second-order valence-electron chi connectivity index (χ2n) is 2.28.